The van der Waals surface area contributed by atoms with E-state index in [0.29, 0.717) is 16.3 Å². The molecule has 1 aliphatic rings. The van der Waals surface area contributed by atoms with Crippen LogP contribution in [0.15, 0.2) is 54.6 Å². The molecule has 0 bridgehead atoms. The van der Waals surface area contributed by atoms with Crippen molar-refractivity contribution < 1.29 is 14.5 Å². The Hall–Kier alpha value is -3.37. The third-order valence-electron chi connectivity index (χ3n) is 4.42. The summed E-state index contributed by atoms with van der Waals surface area (Å²) in [6, 6.07) is 14.5. The van der Waals surface area contributed by atoms with E-state index in [2.05, 4.69) is 15.6 Å². The molecule has 0 spiro atoms. The van der Waals surface area contributed by atoms with Gasteiger partial charge in [0.15, 0.2) is 0 Å². The van der Waals surface area contributed by atoms with Gasteiger partial charge in [-0.1, -0.05) is 35.9 Å². The monoisotopic (exact) mass is 443 g/mol. The molecule has 2 N–H and O–H groups in total. The fourth-order valence-corrected chi connectivity index (χ4v) is 4.18. The number of nitro groups is 1. The summed E-state index contributed by atoms with van der Waals surface area (Å²) in [4.78, 5) is 35.5. The van der Waals surface area contributed by atoms with E-state index in [0.717, 1.165) is 5.56 Å². The summed E-state index contributed by atoms with van der Waals surface area (Å²) in [5, 5.41) is 19.0. The standard InChI is InChI=1S/C19H14ClN5O4S/c20-13-6-4-11(5-7-13)15-9-16(22-21-15)18(27)23-24-17(26)10-30-19(24)12-2-1-3-14(8-12)25(28)29/h1-9,19H,10H2,(H,21,22)(H,23,27). The van der Waals surface area contributed by atoms with Crippen LogP contribution >= 0.6 is 23.4 Å². The summed E-state index contributed by atoms with van der Waals surface area (Å²) in [7, 11) is 0. The Morgan fingerprint density at radius 1 is 1.27 bits per heavy atom. The lowest BCUT2D eigenvalue weighted by Crippen LogP contribution is -2.44. The number of halogens is 1. The first-order valence-corrected chi connectivity index (χ1v) is 10.2. The number of amides is 2. The van der Waals surface area contributed by atoms with Crippen molar-refractivity contribution in [3.8, 4) is 11.3 Å². The molecular formula is C19H14ClN5O4S. The SMILES string of the molecule is O=C(NN1C(=O)CSC1c1cccc([N+](=O)[O-])c1)c1cc(-c2ccc(Cl)cc2)n[nH]1. The molecular weight excluding hydrogens is 430 g/mol. The van der Waals surface area contributed by atoms with E-state index < -0.39 is 16.2 Å². The smallest absolute Gasteiger partial charge is 0.272 e. The number of non-ortho nitro benzene ring substituents is 1. The maximum Gasteiger partial charge on any atom is 0.287 e. The number of H-pyrrole nitrogens is 1. The minimum atomic E-state index is -0.569. The van der Waals surface area contributed by atoms with Crippen molar-refractivity contribution in [3.63, 3.8) is 0 Å². The molecule has 9 nitrogen and oxygen atoms in total. The second kappa shape index (κ2) is 8.17. The number of aromatic amines is 1. The second-order valence-corrected chi connectivity index (χ2v) is 7.90. The second-order valence-electron chi connectivity index (χ2n) is 6.39. The van der Waals surface area contributed by atoms with E-state index in [4.69, 9.17) is 11.6 Å². The molecule has 4 rings (SSSR count). The van der Waals surface area contributed by atoms with Crippen molar-refractivity contribution in [3.05, 3.63) is 81.0 Å². The molecule has 1 fully saturated rings. The van der Waals surface area contributed by atoms with E-state index in [9.17, 15) is 19.7 Å². The molecule has 1 unspecified atom stereocenters. The van der Waals surface area contributed by atoms with E-state index in [-0.39, 0.29) is 23.0 Å². The zero-order valence-electron chi connectivity index (χ0n) is 15.2. The van der Waals surface area contributed by atoms with Crippen molar-refractivity contribution in [2.45, 2.75) is 5.37 Å². The van der Waals surface area contributed by atoms with Gasteiger partial charge in [0.05, 0.1) is 16.4 Å². The van der Waals surface area contributed by atoms with Gasteiger partial charge in [0.2, 0.25) is 0 Å². The summed E-state index contributed by atoms with van der Waals surface area (Å²) in [6.07, 6.45) is 0. The van der Waals surface area contributed by atoms with Gasteiger partial charge in [0.25, 0.3) is 17.5 Å². The van der Waals surface area contributed by atoms with Gasteiger partial charge in [-0.25, -0.2) is 5.01 Å². The van der Waals surface area contributed by atoms with Crippen LogP contribution in [0.1, 0.15) is 21.4 Å². The van der Waals surface area contributed by atoms with Crippen LogP contribution in [0.2, 0.25) is 5.02 Å². The number of hydrogen-bond acceptors (Lipinski definition) is 6. The Morgan fingerprint density at radius 2 is 2.03 bits per heavy atom. The van der Waals surface area contributed by atoms with Crippen molar-refractivity contribution in [1.29, 1.82) is 0 Å². The highest BCUT2D eigenvalue weighted by Crippen LogP contribution is 2.38. The Kier molecular flexibility index (Phi) is 5.42. The lowest BCUT2D eigenvalue weighted by Gasteiger charge is -2.24. The molecule has 3 aromatic rings. The number of nitro benzene ring substituents is 1. The van der Waals surface area contributed by atoms with Gasteiger partial charge in [0.1, 0.15) is 11.1 Å². The van der Waals surface area contributed by atoms with E-state index in [1.54, 1.807) is 42.5 Å². The first-order chi connectivity index (χ1) is 14.4. The van der Waals surface area contributed by atoms with Crippen LogP contribution in [0.3, 0.4) is 0 Å². The fraction of sp³-hybridized carbons (Fsp3) is 0.105. The predicted molar refractivity (Wildman–Crippen MR) is 112 cm³/mol. The minimum Gasteiger partial charge on any atom is -0.272 e. The summed E-state index contributed by atoms with van der Waals surface area (Å²) < 4.78 is 0. The van der Waals surface area contributed by atoms with Gasteiger partial charge in [-0.2, -0.15) is 5.10 Å². The number of benzene rings is 2. The predicted octanol–water partition coefficient (Wildman–Crippen LogP) is 3.56. The van der Waals surface area contributed by atoms with Crippen molar-refractivity contribution in [2.24, 2.45) is 0 Å². The third-order valence-corrected chi connectivity index (χ3v) is 5.88. The molecule has 2 heterocycles. The Morgan fingerprint density at radius 3 is 2.77 bits per heavy atom. The number of nitrogens with zero attached hydrogens (tertiary/aromatic N) is 3. The van der Waals surface area contributed by atoms with Crippen LogP contribution < -0.4 is 5.43 Å². The number of carbonyl (C=O) groups is 2. The van der Waals surface area contributed by atoms with Crippen molar-refractivity contribution in [2.75, 3.05) is 5.75 Å². The molecule has 1 aliphatic heterocycles. The molecule has 2 aromatic carbocycles. The summed E-state index contributed by atoms with van der Waals surface area (Å²) in [5.41, 5.74) is 4.54. The zero-order chi connectivity index (χ0) is 21.3. The number of nitrogens with one attached hydrogen (secondary N) is 2. The first-order valence-electron chi connectivity index (χ1n) is 8.73. The lowest BCUT2D eigenvalue weighted by molar-refractivity contribution is -0.384. The highest BCUT2D eigenvalue weighted by atomic mass is 35.5. The number of hydrazine groups is 1. The van der Waals surface area contributed by atoms with Gasteiger partial charge >= 0.3 is 0 Å². The average Bonchev–Trinajstić information content (AvgIpc) is 3.36. The summed E-state index contributed by atoms with van der Waals surface area (Å²) in [6.45, 7) is 0. The van der Waals surface area contributed by atoms with Gasteiger partial charge in [0, 0.05) is 22.7 Å². The number of hydrogen-bond donors (Lipinski definition) is 2. The maximum atomic E-state index is 12.7. The van der Waals surface area contributed by atoms with Crippen LogP contribution in [0.25, 0.3) is 11.3 Å². The quantitative estimate of drug-likeness (QED) is 0.459. The first kappa shape index (κ1) is 19.9. The molecule has 152 valence electrons. The lowest BCUT2D eigenvalue weighted by atomic mass is 10.1. The van der Waals surface area contributed by atoms with Crippen LogP contribution in [-0.2, 0) is 4.79 Å². The van der Waals surface area contributed by atoms with Gasteiger partial charge in [-0.3, -0.25) is 30.2 Å². The maximum absolute atomic E-state index is 12.7. The highest BCUT2D eigenvalue weighted by molar-refractivity contribution is 8.00. The highest BCUT2D eigenvalue weighted by Gasteiger charge is 2.35. The Balaban J connectivity index is 1.53. The number of thioether (sulfide) groups is 1. The van der Waals surface area contributed by atoms with Crippen LogP contribution in [0.5, 0.6) is 0 Å². The third kappa shape index (κ3) is 4.00. The minimum absolute atomic E-state index is 0.0834. The largest absolute Gasteiger partial charge is 0.287 e. The zero-order valence-corrected chi connectivity index (χ0v) is 16.8. The van der Waals surface area contributed by atoms with Gasteiger partial charge in [-0.15, -0.1) is 11.8 Å². The fourth-order valence-electron chi connectivity index (χ4n) is 2.96. The summed E-state index contributed by atoms with van der Waals surface area (Å²) >= 11 is 7.16. The van der Waals surface area contributed by atoms with E-state index in [1.807, 2.05) is 0 Å². The van der Waals surface area contributed by atoms with Gasteiger partial charge in [-0.05, 0) is 23.8 Å². The number of carbonyl (C=O) groups excluding carboxylic acids is 2. The topological polar surface area (TPSA) is 121 Å². The summed E-state index contributed by atoms with van der Waals surface area (Å²) in [5.74, 6) is -0.705. The number of aromatic nitrogens is 2. The van der Waals surface area contributed by atoms with E-state index >= 15 is 0 Å². The molecule has 11 heteroatoms. The molecule has 2 amide bonds. The van der Waals surface area contributed by atoms with Crippen molar-refractivity contribution >= 4 is 40.9 Å². The molecule has 1 aromatic heterocycles. The number of rotatable bonds is 5. The van der Waals surface area contributed by atoms with Crippen LogP contribution in [0, 0.1) is 10.1 Å². The van der Waals surface area contributed by atoms with E-state index in [1.165, 1.54) is 28.9 Å². The average molecular weight is 444 g/mol. The van der Waals surface area contributed by atoms with Crippen molar-refractivity contribution in [1.82, 2.24) is 20.6 Å². The Labute approximate surface area is 179 Å². The molecule has 0 aliphatic carbocycles. The van der Waals surface area contributed by atoms with Gasteiger partial charge < -0.3 is 0 Å². The molecule has 1 saturated heterocycles. The molecule has 0 radical (unpaired) electrons. The van der Waals surface area contributed by atoms with Crippen LogP contribution in [0.4, 0.5) is 5.69 Å². The Bertz CT molecular complexity index is 1130. The normalized spacial score (nSPS) is 16.0. The van der Waals surface area contributed by atoms with Crippen LogP contribution in [-0.4, -0.2) is 37.7 Å². The molecule has 30 heavy (non-hydrogen) atoms. The molecule has 0 saturated carbocycles. The molecule has 1 atom stereocenters.